The quantitative estimate of drug-likeness (QED) is 0.542. The molecular formula is C18H16S. The average Bonchev–Trinajstić information content (AvgIpc) is 2.87. The summed E-state index contributed by atoms with van der Waals surface area (Å²) in [4.78, 5) is 1.20. The van der Waals surface area contributed by atoms with Crippen LogP contribution in [0.15, 0.2) is 73.8 Å². The molecule has 1 aromatic heterocycles. The number of fused-ring (bicyclic) bond motifs is 1. The van der Waals surface area contributed by atoms with Crippen LogP contribution in [0.2, 0.25) is 0 Å². The normalized spacial score (nSPS) is 9.47. The maximum Gasteiger partial charge on any atom is 0.0355 e. The van der Waals surface area contributed by atoms with Crippen LogP contribution in [0.25, 0.3) is 22.2 Å². The highest BCUT2D eigenvalue weighted by molar-refractivity contribution is 7.20. The summed E-state index contributed by atoms with van der Waals surface area (Å²) >= 11 is 1.76. The van der Waals surface area contributed by atoms with Crippen molar-refractivity contribution in [3.8, 4) is 0 Å². The smallest absolute Gasteiger partial charge is 0.0355 e. The van der Waals surface area contributed by atoms with E-state index in [4.69, 9.17) is 0 Å². The standard InChI is InChI=1S/C12H10S.C6H6/c1-3-9-10-7-5-6-8-12(10)13-11(9)4-2;1-2-4-6-5-3-1/h3-8H,1-2H2;1-6H. The van der Waals surface area contributed by atoms with Crippen molar-refractivity contribution in [3.05, 3.63) is 84.3 Å². The van der Waals surface area contributed by atoms with Gasteiger partial charge in [-0.25, -0.2) is 0 Å². The van der Waals surface area contributed by atoms with Crippen LogP contribution in [-0.4, -0.2) is 0 Å². The van der Waals surface area contributed by atoms with Gasteiger partial charge in [0.2, 0.25) is 0 Å². The molecule has 0 atom stereocenters. The first kappa shape index (κ1) is 13.3. The van der Waals surface area contributed by atoms with Gasteiger partial charge >= 0.3 is 0 Å². The minimum Gasteiger partial charge on any atom is -0.135 e. The van der Waals surface area contributed by atoms with Crippen LogP contribution in [0.3, 0.4) is 0 Å². The second-order valence-electron chi connectivity index (χ2n) is 3.94. The van der Waals surface area contributed by atoms with Gasteiger partial charge in [0.1, 0.15) is 0 Å². The molecule has 0 spiro atoms. The third-order valence-corrected chi connectivity index (χ3v) is 3.90. The van der Waals surface area contributed by atoms with Crippen molar-refractivity contribution < 1.29 is 0 Å². The Hall–Kier alpha value is -2.12. The van der Waals surface area contributed by atoms with Gasteiger partial charge < -0.3 is 0 Å². The van der Waals surface area contributed by atoms with Crippen LogP contribution < -0.4 is 0 Å². The monoisotopic (exact) mass is 264 g/mol. The molecule has 2 aromatic carbocycles. The molecule has 1 heterocycles. The van der Waals surface area contributed by atoms with E-state index >= 15 is 0 Å². The summed E-state index contributed by atoms with van der Waals surface area (Å²) < 4.78 is 1.30. The van der Waals surface area contributed by atoms with E-state index in [1.165, 1.54) is 20.5 Å². The molecule has 0 nitrogen and oxygen atoms in total. The Bertz CT molecular complexity index is 636. The SMILES string of the molecule is C=Cc1sc2ccccc2c1C=C.c1ccccc1. The van der Waals surface area contributed by atoms with Crippen molar-refractivity contribution in [1.82, 2.24) is 0 Å². The predicted molar refractivity (Wildman–Crippen MR) is 88.4 cm³/mol. The van der Waals surface area contributed by atoms with Gasteiger partial charge in [0.05, 0.1) is 0 Å². The zero-order valence-corrected chi connectivity index (χ0v) is 11.6. The molecule has 0 unspecified atom stereocenters. The molecule has 19 heavy (non-hydrogen) atoms. The first-order chi connectivity index (χ1) is 9.36. The van der Waals surface area contributed by atoms with Crippen molar-refractivity contribution in [2.45, 2.75) is 0 Å². The fraction of sp³-hybridized carbons (Fsp3) is 0. The number of rotatable bonds is 2. The molecule has 0 fully saturated rings. The van der Waals surface area contributed by atoms with Crippen LogP contribution in [0, 0.1) is 0 Å². The highest BCUT2D eigenvalue weighted by Gasteiger charge is 2.04. The van der Waals surface area contributed by atoms with E-state index < -0.39 is 0 Å². The first-order valence-corrected chi connectivity index (χ1v) is 6.95. The first-order valence-electron chi connectivity index (χ1n) is 6.13. The van der Waals surface area contributed by atoms with Gasteiger partial charge in [0.15, 0.2) is 0 Å². The molecule has 0 aliphatic heterocycles. The Morgan fingerprint density at radius 1 is 0.737 bits per heavy atom. The van der Waals surface area contributed by atoms with Crippen LogP contribution in [0.4, 0.5) is 0 Å². The summed E-state index contributed by atoms with van der Waals surface area (Å²) in [6.45, 7) is 7.62. The average molecular weight is 264 g/mol. The zero-order valence-electron chi connectivity index (χ0n) is 10.8. The third-order valence-electron chi connectivity index (χ3n) is 2.72. The molecule has 0 radical (unpaired) electrons. The highest BCUT2D eigenvalue weighted by atomic mass is 32.1. The Kier molecular flexibility index (Phi) is 4.71. The molecule has 1 heteroatoms. The zero-order chi connectivity index (χ0) is 13.5. The number of hydrogen-bond acceptors (Lipinski definition) is 1. The molecule has 0 aliphatic rings. The van der Waals surface area contributed by atoms with Crippen molar-refractivity contribution in [2.75, 3.05) is 0 Å². The topological polar surface area (TPSA) is 0 Å². The van der Waals surface area contributed by atoms with Crippen LogP contribution in [0.5, 0.6) is 0 Å². The molecule has 0 N–H and O–H groups in total. The van der Waals surface area contributed by atoms with Crippen molar-refractivity contribution in [1.29, 1.82) is 0 Å². The van der Waals surface area contributed by atoms with Crippen molar-refractivity contribution in [3.63, 3.8) is 0 Å². The fourth-order valence-corrected chi connectivity index (χ4v) is 2.89. The molecular weight excluding hydrogens is 248 g/mol. The summed E-state index contributed by atoms with van der Waals surface area (Å²) in [5.41, 5.74) is 1.20. The summed E-state index contributed by atoms with van der Waals surface area (Å²) in [6.07, 6.45) is 3.79. The molecule has 3 rings (SSSR count). The number of hydrogen-bond donors (Lipinski definition) is 0. The Balaban J connectivity index is 0.000000186. The summed E-state index contributed by atoms with van der Waals surface area (Å²) in [6, 6.07) is 20.4. The van der Waals surface area contributed by atoms with Crippen molar-refractivity contribution >= 4 is 33.6 Å². The van der Waals surface area contributed by atoms with E-state index in [0.29, 0.717) is 0 Å². The maximum absolute atomic E-state index is 3.82. The molecule has 94 valence electrons. The predicted octanol–water partition coefficient (Wildman–Crippen LogP) is 5.87. The summed E-state index contributed by atoms with van der Waals surface area (Å²) in [7, 11) is 0. The second-order valence-corrected chi connectivity index (χ2v) is 5.02. The van der Waals surface area contributed by atoms with Gasteiger partial charge in [-0.3, -0.25) is 0 Å². The van der Waals surface area contributed by atoms with E-state index in [1.54, 1.807) is 11.3 Å². The molecule has 0 saturated heterocycles. The lowest BCUT2D eigenvalue weighted by atomic mass is 10.1. The summed E-state index contributed by atoms with van der Waals surface area (Å²) in [5.74, 6) is 0. The van der Waals surface area contributed by atoms with Gasteiger partial charge in [0, 0.05) is 15.0 Å². The lowest BCUT2D eigenvalue weighted by Gasteiger charge is -1.90. The van der Waals surface area contributed by atoms with Gasteiger partial charge in [-0.1, -0.05) is 79.9 Å². The van der Waals surface area contributed by atoms with E-state index in [2.05, 4.69) is 37.4 Å². The minimum absolute atomic E-state index is 1.20. The Labute approximate surface area is 118 Å². The van der Waals surface area contributed by atoms with E-state index in [1.807, 2.05) is 48.6 Å². The molecule has 0 amide bonds. The largest absolute Gasteiger partial charge is 0.135 e. The summed E-state index contributed by atoms with van der Waals surface area (Å²) in [5, 5.41) is 1.28. The van der Waals surface area contributed by atoms with Crippen LogP contribution in [0.1, 0.15) is 10.4 Å². The Morgan fingerprint density at radius 3 is 1.84 bits per heavy atom. The Morgan fingerprint density at radius 2 is 1.32 bits per heavy atom. The number of thiophene rings is 1. The van der Waals surface area contributed by atoms with Gasteiger partial charge in [-0.15, -0.1) is 11.3 Å². The van der Waals surface area contributed by atoms with E-state index in [0.717, 1.165) is 0 Å². The molecule has 0 aliphatic carbocycles. The lowest BCUT2D eigenvalue weighted by Crippen LogP contribution is -1.69. The molecule has 0 bridgehead atoms. The van der Waals surface area contributed by atoms with E-state index in [9.17, 15) is 0 Å². The second kappa shape index (κ2) is 6.72. The van der Waals surface area contributed by atoms with Gasteiger partial charge in [-0.2, -0.15) is 0 Å². The lowest BCUT2D eigenvalue weighted by molar-refractivity contribution is 1.72. The van der Waals surface area contributed by atoms with E-state index in [-0.39, 0.29) is 0 Å². The van der Waals surface area contributed by atoms with Gasteiger partial charge in [-0.05, 0) is 11.6 Å². The highest BCUT2D eigenvalue weighted by Crippen LogP contribution is 2.32. The molecule has 0 saturated carbocycles. The van der Waals surface area contributed by atoms with Crippen molar-refractivity contribution in [2.24, 2.45) is 0 Å². The third kappa shape index (κ3) is 3.21. The van der Waals surface area contributed by atoms with Gasteiger partial charge in [0.25, 0.3) is 0 Å². The molecule has 3 aromatic rings. The fourth-order valence-electron chi connectivity index (χ4n) is 1.83. The van der Waals surface area contributed by atoms with Crippen LogP contribution in [-0.2, 0) is 0 Å². The minimum atomic E-state index is 1.20. The van der Waals surface area contributed by atoms with Crippen LogP contribution >= 0.6 is 11.3 Å². The number of benzene rings is 2. The maximum atomic E-state index is 3.82.